The van der Waals surface area contributed by atoms with Crippen LogP contribution in [0.5, 0.6) is 5.75 Å². The minimum atomic E-state index is 0.135. The quantitative estimate of drug-likeness (QED) is 0.842. The molecule has 1 fully saturated rings. The van der Waals surface area contributed by atoms with E-state index in [2.05, 4.69) is 18.3 Å². The van der Waals surface area contributed by atoms with Gasteiger partial charge in [0.05, 0.1) is 13.0 Å². The normalized spacial score (nSPS) is 18.0. The van der Waals surface area contributed by atoms with Crippen LogP contribution >= 0.6 is 0 Å². The summed E-state index contributed by atoms with van der Waals surface area (Å²) in [5, 5.41) is 3.34. The summed E-state index contributed by atoms with van der Waals surface area (Å²) < 4.78 is 5.28. The van der Waals surface area contributed by atoms with Gasteiger partial charge in [-0.05, 0) is 43.5 Å². The number of hydrogen-bond donors (Lipinski definition) is 1. The summed E-state index contributed by atoms with van der Waals surface area (Å²) in [5.74, 6) is 1.28. The standard InChI is InChI=1S/C18H28N2O2/c1-3-4-11-20(18(21)16-8-6-10-19-13-16)14-15-7-5-9-17(12-15)22-2/h5,7,9,12,16,19H,3-4,6,8,10-11,13-14H2,1-2H3/t16-/m1/s1. The zero-order chi connectivity index (χ0) is 15.8. The van der Waals surface area contributed by atoms with E-state index >= 15 is 0 Å². The van der Waals surface area contributed by atoms with Crippen LogP contribution in [0.3, 0.4) is 0 Å². The minimum absolute atomic E-state index is 0.135. The highest BCUT2D eigenvalue weighted by atomic mass is 16.5. The second-order valence-corrected chi connectivity index (χ2v) is 6.01. The number of benzene rings is 1. The van der Waals surface area contributed by atoms with Crippen molar-refractivity contribution in [2.24, 2.45) is 5.92 Å². The highest BCUT2D eigenvalue weighted by Crippen LogP contribution is 2.18. The van der Waals surface area contributed by atoms with Crippen molar-refractivity contribution < 1.29 is 9.53 Å². The lowest BCUT2D eigenvalue weighted by Gasteiger charge is -2.30. The van der Waals surface area contributed by atoms with Gasteiger partial charge in [-0.25, -0.2) is 0 Å². The highest BCUT2D eigenvalue weighted by molar-refractivity contribution is 5.79. The molecule has 4 heteroatoms. The molecule has 0 aromatic heterocycles. The predicted molar refractivity (Wildman–Crippen MR) is 88.9 cm³/mol. The van der Waals surface area contributed by atoms with Crippen LogP contribution in [0.15, 0.2) is 24.3 Å². The first-order valence-electron chi connectivity index (χ1n) is 8.37. The molecular weight excluding hydrogens is 276 g/mol. The Morgan fingerprint density at radius 2 is 2.32 bits per heavy atom. The third-order valence-corrected chi connectivity index (χ3v) is 4.25. The molecular formula is C18H28N2O2. The second-order valence-electron chi connectivity index (χ2n) is 6.01. The molecule has 1 aliphatic rings. The maximum absolute atomic E-state index is 12.8. The number of amides is 1. The molecule has 1 aliphatic heterocycles. The van der Waals surface area contributed by atoms with E-state index < -0.39 is 0 Å². The van der Waals surface area contributed by atoms with Crippen molar-refractivity contribution in [1.82, 2.24) is 10.2 Å². The third kappa shape index (κ3) is 4.73. The number of methoxy groups -OCH3 is 1. The van der Waals surface area contributed by atoms with Crippen LogP contribution in [0.4, 0.5) is 0 Å². The molecule has 22 heavy (non-hydrogen) atoms. The second kappa shape index (κ2) is 8.79. The Kier molecular flexibility index (Phi) is 6.72. The predicted octanol–water partition coefficient (Wildman–Crippen LogP) is 2.82. The molecule has 1 amide bonds. The fourth-order valence-corrected chi connectivity index (χ4v) is 2.93. The Bertz CT molecular complexity index is 470. The number of hydrogen-bond acceptors (Lipinski definition) is 3. The summed E-state index contributed by atoms with van der Waals surface area (Å²) in [6.07, 6.45) is 4.25. The van der Waals surface area contributed by atoms with Crippen molar-refractivity contribution in [3.8, 4) is 5.75 Å². The van der Waals surface area contributed by atoms with Crippen LogP contribution in [-0.4, -0.2) is 37.6 Å². The van der Waals surface area contributed by atoms with Crippen LogP contribution in [0, 0.1) is 5.92 Å². The van der Waals surface area contributed by atoms with Crippen LogP contribution in [0.2, 0.25) is 0 Å². The van der Waals surface area contributed by atoms with Crippen molar-refractivity contribution >= 4 is 5.91 Å². The average Bonchev–Trinajstić information content (AvgIpc) is 2.59. The zero-order valence-corrected chi connectivity index (χ0v) is 13.8. The van der Waals surface area contributed by atoms with Gasteiger partial charge in [0.25, 0.3) is 0 Å². The first-order valence-corrected chi connectivity index (χ1v) is 8.37. The van der Waals surface area contributed by atoms with Gasteiger partial charge in [-0.3, -0.25) is 4.79 Å². The molecule has 0 bridgehead atoms. The van der Waals surface area contributed by atoms with Gasteiger partial charge in [0.15, 0.2) is 0 Å². The molecule has 1 heterocycles. The number of nitrogens with one attached hydrogen (secondary N) is 1. The fourth-order valence-electron chi connectivity index (χ4n) is 2.93. The molecule has 0 unspecified atom stereocenters. The smallest absolute Gasteiger partial charge is 0.227 e. The molecule has 0 saturated carbocycles. The number of unbranched alkanes of at least 4 members (excludes halogenated alkanes) is 1. The van der Waals surface area contributed by atoms with E-state index in [0.717, 1.165) is 56.6 Å². The van der Waals surface area contributed by atoms with Crippen LogP contribution in [0.25, 0.3) is 0 Å². The topological polar surface area (TPSA) is 41.6 Å². The number of ether oxygens (including phenoxy) is 1. The van der Waals surface area contributed by atoms with Crippen LogP contribution < -0.4 is 10.1 Å². The Morgan fingerprint density at radius 1 is 1.45 bits per heavy atom. The third-order valence-electron chi connectivity index (χ3n) is 4.25. The van der Waals surface area contributed by atoms with Gasteiger partial charge in [0, 0.05) is 19.6 Å². The molecule has 122 valence electrons. The number of rotatable bonds is 7. The number of carbonyl (C=O) groups excluding carboxylic acids is 1. The average molecular weight is 304 g/mol. The van der Waals surface area contributed by atoms with Gasteiger partial charge in [-0.15, -0.1) is 0 Å². The highest BCUT2D eigenvalue weighted by Gasteiger charge is 2.25. The number of piperidine rings is 1. The van der Waals surface area contributed by atoms with E-state index in [9.17, 15) is 4.79 Å². The van der Waals surface area contributed by atoms with Crippen LogP contribution in [-0.2, 0) is 11.3 Å². The van der Waals surface area contributed by atoms with E-state index in [1.807, 2.05) is 23.1 Å². The molecule has 0 spiro atoms. The fraction of sp³-hybridized carbons (Fsp3) is 0.611. The lowest BCUT2D eigenvalue weighted by Crippen LogP contribution is -2.43. The van der Waals surface area contributed by atoms with E-state index in [4.69, 9.17) is 4.74 Å². The van der Waals surface area contributed by atoms with Gasteiger partial charge < -0.3 is 15.0 Å². The molecule has 1 aromatic carbocycles. The summed E-state index contributed by atoms with van der Waals surface area (Å²) >= 11 is 0. The van der Waals surface area contributed by atoms with Crippen molar-refractivity contribution in [2.45, 2.75) is 39.2 Å². The molecule has 1 atom stereocenters. The molecule has 0 radical (unpaired) electrons. The number of nitrogens with zero attached hydrogens (tertiary/aromatic N) is 1. The zero-order valence-electron chi connectivity index (χ0n) is 13.8. The summed E-state index contributed by atoms with van der Waals surface area (Å²) in [5.41, 5.74) is 1.13. The maximum Gasteiger partial charge on any atom is 0.227 e. The Labute approximate surface area is 133 Å². The van der Waals surface area contributed by atoms with E-state index in [1.165, 1.54) is 0 Å². The Morgan fingerprint density at radius 3 is 3.00 bits per heavy atom. The van der Waals surface area contributed by atoms with Gasteiger partial charge >= 0.3 is 0 Å². The molecule has 2 rings (SSSR count). The van der Waals surface area contributed by atoms with E-state index in [1.54, 1.807) is 7.11 Å². The minimum Gasteiger partial charge on any atom is -0.497 e. The summed E-state index contributed by atoms with van der Waals surface area (Å²) in [4.78, 5) is 14.8. The molecule has 1 aromatic rings. The monoisotopic (exact) mass is 304 g/mol. The first kappa shape index (κ1) is 16.8. The van der Waals surface area contributed by atoms with Crippen molar-refractivity contribution in [1.29, 1.82) is 0 Å². The molecule has 1 N–H and O–H groups in total. The van der Waals surface area contributed by atoms with Gasteiger partial charge in [0.2, 0.25) is 5.91 Å². The lowest BCUT2D eigenvalue weighted by atomic mass is 9.97. The summed E-state index contributed by atoms with van der Waals surface area (Å²) in [6, 6.07) is 8.00. The summed E-state index contributed by atoms with van der Waals surface area (Å²) in [7, 11) is 1.67. The first-order chi connectivity index (χ1) is 10.7. The number of carbonyl (C=O) groups is 1. The van der Waals surface area contributed by atoms with Gasteiger partial charge in [-0.1, -0.05) is 25.5 Å². The largest absolute Gasteiger partial charge is 0.497 e. The maximum atomic E-state index is 12.8. The van der Waals surface area contributed by atoms with Crippen LogP contribution in [0.1, 0.15) is 38.2 Å². The Hall–Kier alpha value is -1.55. The summed E-state index contributed by atoms with van der Waals surface area (Å²) in [6.45, 7) is 5.53. The SMILES string of the molecule is CCCCN(Cc1cccc(OC)c1)C(=O)[C@@H]1CCCNC1. The van der Waals surface area contributed by atoms with Crippen molar-refractivity contribution in [3.05, 3.63) is 29.8 Å². The Balaban J connectivity index is 2.05. The lowest BCUT2D eigenvalue weighted by molar-refractivity contribution is -0.136. The van der Waals surface area contributed by atoms with E-state index in [-0.39, 0.29) is 5.92 Å². The van der Waals surface area contributed by atoms with Gasteiger partial charge in [-0.2, -0.15) is 0 Å². The molecule has 1 saturated heterocycles. The van der Waals surface area contributed by atoms with Crippen molar-refractivity contribution in [3.63, 3.8) is 0 Å². The van der Waals surface area contributed by atoms with E-state index in [0.29, 0.717) is 12.5 Å². The van der Waals surface area contributed by atoms with Crippen molar-refractivity contribution in [2.75, 3.05) is 26.7 Å². The molecule has 4 nitrogen and oxygen atoms in total. The van der Waals surface area contributed by atoms with Gasteiger partial charge in [0.1, 0.15) is 5.75 Å². The molecule has 0 aliphatic carbocycles.